The summed E-state index contributed by atoms with van der Waals surface area (Å²) in [6.07, 6.45) is 0.922. The number of nitrogens with one attached hydrogen (secondary N) is 2. The van der Waals surface area contributed by atoms with Gasteiger partial charge in [-0.05, 0) is 43.5 Å². The van der Waals surface area contributed by atoms with Crippen molar-refractivity contribution in [1.82, 2.24) is 9.88 Å². The summed E-state index contributed by atoms with van der Waals surface area (Å²) in [4.78, 5) is 24.0. The first kappa shape index (κ1) is 16.6. The number of hydrogen-bond donors (Lipinski definition) is 2. The van der Waals surface area contributed by atoms with Gasteiger partial charge in [-0.25, -0.2) is 0 Å². The number of benzene rings is 2. The fourth-order valence-corrected chi connectivity index (χ4v) is 3.66. The van der Waals surface area contributed by atoms with Crippen LogP contribution in [0.5, 0.6) is 0 Å². The molecule has 5 heteroatoms. The van der Waals surface area contributed by atoms with Gasteiger partial charge >= 0.3 is 0 Å². The molecular formula is C21H23N3O2. The minimum absolute atomic E-state index is 0.0107. The second kappa shape index (κ2) is 6.48. The lowest BCUT2D eigenvalue weighted by Gasteiger charge is -2.08. The quantitative estimate of drug-likeness (QED) is 0.740. The van der Waals surface area contributed by atoms with E-state index in [1.807, 2.05) is 37.3 Å². The molecule has 1 heterocycles. The largest absolute Gasteiger partial charge is 0.347 e. The molecule has 1 fully saturated rings. The van der Waals surface area contributed by atoms with Crippen molar-refractivity contribution >= 4 is 39.3 Å². The molecule has 1 aliphatic rings. The summed E-state index contributed by atoms with van der Waals surface area (Å²) in [5, 5.41) is 7.91. The molecule has 0 spiro atoms. The molecule has 1 saturated carbocycles. The minimum Gasteiger partial charge on any atom is -0.347 e. The first-order valence-corrected chi connectivity index (χ1v) is 9.17. The molecule has 1 aromatic heterocycles. The third kappa shape index (κ3) is 2.94. The highest BCUT2D eigenvalue weighted by molar-refractivity contribution is 6.10. The van der Waals surface area contributed by atoms with Crippen molar-refractivity contribution in [1.29, 1.82) is 0 Å². The second-order valence-corrected chi connectivity index (χ2v) is 7.08. The molecule has 0 saturated heterocycles. The van der Waals surface area contributed by atoms with E-state index in [9.17, 15) is 9.59 Å². The van der Waals surface area contributed by atoms with Crippen LogP contribution < -0.4 is 10.6 Å². The molecule has 2 N–H and O–H groups in total. The van der Waals surface area contributed by atoms with Crippen LogP contribution in [0.25, 0.3) is 21.8 Å². The summed E-state index contributed by atoms with van der Waals surface area (Å²) in [6, 6.07) is 14.3. The van der Waals surface area contributed by atoms with Gasteiger partial charge in [-0.15, -0.1) is 0 Å². The fraction of sp³-hybridized carbons (Fsp3) is 0.333. The van der Waals surface area contributed by atoms with E-state index in [2.05, 4.69) is 34.3 Å². The summed E-state index contributed by atoms with van der Waals surface area (Å²) in [5.74, 6) is 0.301. The number of carbonyl (C=O) groups excluding carboxylic acids is 2. The zero-order valence-corrected chi connectivity index (χ0v) is 15.1. The Hall–Kier alpha value is -2.82. The predicted octanol–water partition coefficient (Wildman–Crippen LogP) is 3.53. The first-order valence-electron chi connectivity index (χ1n) is 9.17. The average molecular weight is 349 g/mol. The van der Waals surface area contributed by atoms with Gasteiger partial charge in [0.1, 0.15) is 0 Å². The van der Waals surface area contributed by atoms with Crippen molar-refractivity contribution in [3.8, 4) is 0 Å². The maximum Gasteiger partial charge on any atom is 0.243 e. The van der Waals surface area contributed by atoms with Crippen LogP contribution in [-0.2, 0) is 16.1 Å². The lowest BCUT2D eigenvalue weighted by Crippen LogP contribution is -2.34. The van der Waals surface area contributed by atoms with E-state index >= 15 is 0 Å². The van der Waals surface area contributed by atoms with E-state index in [0.29, 0.717) is 5.92 Å². The maximum absolute atomic E-state index is 12.2. The van der Waals surface area contributed by atoms with Gasteiger partial charge in [-0.1, -0.05) is 25.1 Å². The van der Waals surface area contributed by atoms with Gasteiger partial charge in [0.2, 0.25) is 11.8 Å². The highest BCUT2D eigenvalue weighted by Gasteiger charge is 2.38. The van der Waals surface area contributed by atoms with E-state index in [1.54, 1.807) is 0 Å². The third-order valence-corrected chi connectivity index (χ3v) is 5.24. The van der Waals surface area contributed by atoms with E-state index in [4.69, 9.17) is 0 Å². The Balaban J connectivity index is 1.53. The smallest absolute Gasteiger partial charge is 0.243 e. The molecule has 134 valence electrons. The molecule has 0 unspecified atom stereocenters. The highest BCUT2D eigenvalue weighted by Crippen LogP contribution is 2.37. The second-order valence-electron chi connectivity index (χ2n) is 7.08. The molecule has 5 nitrogen and oxygen atoms in total. The number of fused-ring (bicyclic) bond motifs is 3. The third-order valence-electron chi connectivity index (χ3n) is 5.24. The molecule has 3 aromatic rings. The minimum atomic E-state index is -0.203. The summed E-state index contributed by atoms with van der Waals surface area (Å²) in [5.41, 5.74) is 3.09. The van der Waals surface area contributed by atoms with Gasteiger partial charge in [0.05, 0.1) is 6.54 Å². The number of rotatable bonds is 5. The fourth-order valence-electron chi connectivity index (χ4n) is 3.66. The summed E-state index contributed by atoms with van der Waals surface area (Å²) < 4.78 is 2.27. The zero-order valence-electron chi connectivity index (χ0n) is 15.1. The normalized spacial score (nSPS) is 18.8. The number of amides is 2. The molecule has 2 aromatic carbocycles. The molecule has 1 aliphatic carbocycles. The summed E-state index contributed by atoms with van der Waals surface area (Å²) in [7, 11) is 0. The Morgan fingerprint density at radius 2 is 1.85 bits per heavy atom. The van der Waals surface area contributed by atoms with Crippen LogP contribution in [0.4, 0.5) is 5.69 Å². The molecule has 0 radical (unpaired) electrons. The number of para-hydroxylation sites is 1. The van der Waals surface area contributed by atoms with Crippen molar-refractivity contribution < 1.29 is 9.59 Å². The standard InChI is InChI=1S/C21H23N3O2/c1-3-24-18-7-5-4-6-15(18)17-11-14(8-9-19(17)24)23-20(25)12-22-21(26)16-10-13(16)2/h4-9,11,13,16H,3,10,12H2,1-2H3,(H,22,26)(H,23,25)/t13-,16-/m0/s1. The van der Waals surface area contributed by atoms with Gasteiger partial charge in [-0.3, -0.25) is 9.59 Å². The van der Waals surface area contributed by atoms with Gasteiger partial charge in [0.15, 0.2) is 0 Å². The van der Waals surface area contributed by atoms with E-state index in [0.717, 1.165) is 29.6 Å². The van der Waals surface area contributed by atoms with E-state index in [1.165, 1.54) is 10.9 Å². The van der Waals surface area contributed by atoms with E-state index in [-0.39, 0.29) is 24.3 Å². The molecule has 0 bridgehead atoms. The van der Waals surface area contributed by atoms with Crippen molar-refractivity contribution in [2.45, 2.75) is 26.8 Å². The van der Waals surface area contributed by atoms with Crippen molar-refractivity contribution in [3.63, 3.8) is 0 Å². The number of nitrogens with zero attached hydrogens (tertiary/aromatic N) is 1. The molecule has 2 amide bonds. The maximum atomic E-state index is 12.2. The molecule has 26 heavy (non-hydrogen) atoms. The molecule has 0 aliphatic heterocycles. The average Bonchev–Trinajstić information content (AvgIpc) is 3.30. The highest BCUT2D eigenvalue weighted by atomic mass is 16.2. The van der Waals surface area contributed by atoms with Crippen molar-refractivity contribution in [2.24, 2.45) is 11.8 Å². The zero-order chi connectivity index (χ0) is 18.3. The van der Waals surface area contributed by atoms with Gasteiger partial charge in [-0.2, -0.15) is 0 Å². The Morgan fingerprint density at radius 3 is 2.58 bits per heavy atom. The molecule has 2 atom stereocenters. The monoisotopic (exact) mass is 349 g/mol. The van der Waals surface area contributed by atoms with Gasteiger partial charge in [0.25, 0.3) is 0 Å². The van der Waals surface area contributed by atoms with Crippen LogP contribution in [0.1, 0.15) is 20.3 Å². The number of carbonyl (C=O) groups is 2. The SMILES string of the molecule is CCn1c2ccccc2c2cc(NC(=O)CNC(=O)[C@H]3C[C@@H]3C)ccc21. The molecule has 4 rings (SSSR count). The lowest BCUT2D eigenvalue weighted by molar-refractivity contribution is -0.125. The van der Waals surface area contributed by atoms with Crippen LogP contribution in [0.3, 0.4) is 0 Å². The van der Waals surface area contributed by atoms with Crippen molar-refractivity contribution in [2.75, 3.05) is 11.9 Å². The van der Waals surface area contributed by atoms with Crippen LogP contribution in [0, 0.1) is 11.8 Å². The number of anilines is 1. The Morgan fingerprint density at radius 1 is 1.12 bits per heavy atom. The first-order chi connectivity index (χ1) is 12.6. The van der Waals surface area contributed by atoms with Crippen LogP contribution >= 0.6 is 0 Å². The Labute approximate surface area is 152 Å². The Bertz CT molecular complexity index is 1010. The van der Waals surface area contributed by atoms with Crippen LogP contribution in [0.15, 0.2) is 42.5 Å². The van der Waals surface area contributed by atoms with Crippen molar-refractivity contribution in [3.05, 3.63) is 42.5 Å². The number of aryl methyl sites for hydroxylation is 1. The van der Waals surface area contributed by atoms with Crippen LogP contribution in [0.2, 0.25) is 0 Å². The predicted molar refractivity (Wildman–Crippen MR) is 104 cm³/mol. The van der Waals surface area contributed by atoms with Crippen LogP contribution in [-0.4, -0.2) is 22.9 Å². The summed E-state index contributed by atoms with van der Waals surface area (Å²) in [6.45, 7) is 5.08. The van der Waals surface area contributed by atoms with E-state index < -0.39 is 0 Å². The Kier molecular flexibility index (Phi) is 4.15. The number of aromatic nitrogens is 1. The summed E-state index contributed by atoms with van der Waals surface area (Å²) >= 11 is 0. The van der Waals surface area contributed by atoms with Gasteiger partial charge in [0, 0.05) is 40.0 Å². The molecular weight excluding hydrogens is 326 g/mol. The number of hydrogen-bond acceptors (Lipinski definition) is 2. The van der Waals surface area contributed by atoms with Gasteiger partial charge < -0.3 is 15.2 Å². The topological polar surface area (TPSA) is 63.1 Å². The lowest BCUT2D eigenvalue weighted by atomic mass is 10.1.